The molecule has 1 N–H and O–H groups in total. The van der Waals surface area contributed by atoms with Crippen LogP contribution in [0.3, 0.4) is 0 Å². The Bertz CT molecular complexity index is 1080. The summed E-state index contributed by atoms with van der Waals surface area (Å²) in [4.78, 5) is 16.0. The van der Waals surface area contributed by atoms with E-state index in [1.54, 1.807) is 53.3 Å². The van der Waals surface area contributed by atoms with Crippen LogP contribution in [0.2, 0.25) is 0 Å². The molecule has 0 aliphatic heterocycles. The topological polar surface area (TPSA) is 85.1 Å². The first-order valence-electron chi connectivity index (χ1n) is 8.00. The smallest absolute Gasteiger partial charge is 0.234 e. The van der Waals surface area contributed by atoms with Gasteiger partial charge in [0.15, 0.2) is 5.65 Å². The lowest BCUT2D eigenvalue weighted by Gasteiger charge is -2.04. The number of aromatic nitrogens is 5. The van der Waals surface area contributed by atoms with Crippen molar-refractivity contribution in [1.82, 2.24) is 24.8 Å². The SMILES string of the molecule is O=C(CSc1nnc2ccc(-c3ccc(F)cc3)nn12)Nc1cccnc1. The van der Waals surface area contributed by atoms with Crippen LogP contribution in [-0.2, 0) is 4.79 Å². The number of rotatable bonds is 5. The summed E-state index contributed by atoms with van der Waals surface area (Å²) in [6, 6.07) is 13.1. The summed E-state index contributed by atoms with van der Waals surface area (Å²) in [6.07, 6.45) is 3.21. The predicted molar refractivity (Wildman–Crippen MR) is 99.8 cm³/mol. The number of amides is 1. The lowest BCUT2D eigenvalue weighted by atomic mass is 10.1. The standard InChI is InChI=1S/C18H13FN6OS/c19-13-5-3-12(4-6-13)15-7-8-16-22-23-18(25(16)24-15)27-11-17(26)21-14-2-1-9-20-10-14/h1-10H,11H2,(H,21,26). The van der Waals surface area contributed by atoms with E-state index in [2.05, 4.69) is 25.6 Å². The summed E-state index contributed by atoms with van der Waals surface area (Å²) in [6.45, 7) is 0. The average Bonchev–Trinajstić information content (AvgIpc) is 3.10. The van der Waals surface area contributed by atoms with E-state index < -0.39 is 0 Å². The van der Waals surface area contributed by atoms with Crippen molar-refractivity contribution in [3.05, 3.63) is 66.7 Å². The Hall–Kier alpha value is -3.33. The summed E-state index contributed by atoms with van der Waals surface area (Å²) in [7, 11) is 0. The van der Waals surface area contributed by atoms with Crippen molar-refractivity contribution in [1.29, 1.82) is 0 Å². The number of pyridine rings is 1. The van der Waals surface area contributed by atoms with Crippen LogP contribution in [0, 0.1) is 5.82 Å². The first-order chi connectivity index (χ1) is 13.2. The Labute approximate surface area is 157 Å². The molecule has 0 spiro atoms. The van der Waals surface area contributed by atoms with Gasteiger partial charge in [0, 0.05) is 11.8 Å². The number of halogens is 1. The van der Waals surface area contributed by atoms with Gasteiger partial charge in [0.05, 0.1) is 23.3 Å². The van der Waals surface area contributed by atoms with Gasteiger partial charge in [-0.2, -0.15) is 9.61 Å². The molecule has 0 saturated carbocycles. The zero-order valence-electron chi connectivity index (χ0n) is 13.9. The highest BCUT2D eigenvalue weighted by atomic mass is 32.2. The van der Waals surface area contributed by atoms with Crippen LogP contribution in [0.25, 0.3) is 16.9 Å². The molecule has 3 aromatic heterocycles. The van der Waals surface area contributed by atoms with E-state index in [1.165, 1.54) is 23.9 Å². The molecule has 0 aliphatic carbocycles. The van der Waals surface area contributed by atoms with E-state index in [1.807, 2.05) is 0 Å². The maximum Gasteiger partial charge on any atom is 0.234 e. The fourth-order valence-electron chi connectivity index (χ4n) is 2.40. The van der Waals surface area contributed by atoms with Gasteiger partial charge in [-0.25, -0.2) is 4.39 Å². The molecule has 0 fully saturated rings. The number of carbonyl (C=O) groups is 1. The second-order valence-electron chi connectivity index (χ2n) is 5.56. The number of nitrogens with one attached hydrogen (secondary N) is 1. The maximum absolute atomic E-state index is 13.1. The monoisotopic (exact) mass is 380 g/mol. The van der Waals surface area contributed by atoms with Crippen molar-refractivity contribution in [2.24, 2.45) is 0 Å². The molecule has 4 rings (SSSR count). The molecule has 0 radical (unpaired) electrons. The molecule has 0 atom stereocenters. The van der Waals surface area contributed by atoms with E-state index in [9.17, 15) is 9.18 Å². The Kier molecular flexibility index (Phi) is 4.75. The van der Waals surface area contributed by atoms with Crippen molar-refractivity contribution in [2.75, 3.05) is 11.1 Å². The van der Waals surface area contributed by atoms with Crippen LogP contribution in [0.15, 0.2) is 66.1 Å². The quantitative estimate of drug-likeness (QED) is 0.536. The van der Waals surface area contributed by atoms with E-state index in [0.717, 1.165) is 5.56 Å². The largest absolute Gasteiger partial charge is 0.324 e. The van der Waals surface area contributed by atoms with Crippen LogP contribution >= 0.6 is 11.8 Å². The lowest BCUT2D eigenvalue weighted by Crippen LogP contribution is -2.14. The van der Waals surface area contributed by atoms with E-state index in [0.29, 0.717) is 22.2 Å². The van der Waals surface area contributed by atoms with Crippen molar-refractivity contribution >= 4 is 29.0 Å². The molecule has 0 unspecified atom stereocenters. The number of thioether (sulfide) groups is 1. The second-order valence-corrected chi connectivity index (χ2v) is 6.50. The summed E-state index contributed by atoms with van der Waals surface area (Å²) in [5, 5.41) is 15.9. The number of hydrogen-bond donors (Lipinski definition) is 1. The first-order valence-corrected chi connectivity index (χ1v) is 8.99. The third-order valence-corrected chi connectivity index (χ3v) is 4.57. The Morgan fingerprint density at radius 2 is 1.96 bits per heavy atom. The molecule has 0 aliphatic rings. The molecule has 1 amide bonds. The van der Waals surface area contributed by atoms with Crippen molar-refractivity contribution in [3.63, 3.8) is 0 Å². The van der Waals surface area contributed by atoms with Gasteiger partial charge < -0.3 is 5.32 Å². The summed E-state index contributed by atoms with van der Waals surface area (Å²) in [5.74, 6) is -0.336. The number of nitrogens with zero attached hydrogens (tertiary/aromatic N) is 5. The molecule has 134 valence electrons. The predicted octanol–water partition coefficient (Wildman–Crippen LogP) is 3.06. The second kappa shape index (κ2) is 7.50. The van der Waals surface area contributed by atoms with Crippen molar-refractivity contribution < 1.29 is 9.18 Å². The minimum absolute atomic E-state index is 0.151. The van der Waals surface area contributed by atoms with E-state index in [-0.39, 0.29) is 17.5 Å². The van der Waals surface area contributed by atoms with Crippen LogP contribution in [0.5, 0.6) is 0 Å². The summed E-state index contributed by atoms with van der Waals surface area (Å²) < 4.78 is 14.7. The number of fused-ring (bicyclic) bond motifs is 1. The number of hydrogen-bond acceptors (Lipinski definition) is 6. The van der Waals surface area contributed by atoms with E-state index in [4.69, 9.17) is 0 Å². The number of anilines is 1. The maximum atomic E-state index is 13.1. The molecule has 0 bridgehead atoms. The highest BCUT2D eigenvalue weighted by molar-refractivity contribution is 7.99. The van der Waals surface area contributed by atoms with Gasteiger partial charge in [-0.05, 0) is 48.5 Å². The third-order valence-electron chi connectivity index (χ3n) is 3.65. The molecule has 9 heteroatoms. The van der Waals surface area contributed by atoms with Gasteiger partial charge >= 0.3 is 0 Å². The fourth-order valence-corrected chi connectivity index (χ4v) is 3.09. The molecule has 7 nitrogen and oxygen atoms in total. The van der Waals surface area contributed by atoms with Crippen molar-refractivity contribution in [2.45, 2.75) is 5.16 Å². The molecule has 0 saturated heterocycles. The van der Waals surface area contributed by atoms with Gasteiger partial charge in [-0.15, -0.1) is 10.2 Å². The zero-order chi connectivity index (χ0) is 18.6. The Morgan fingerprint density at radius 1 is 1.11 bits per heavy atom. The minimum atomic E-state index is -0.306. The highest BCUT2D eigenvalue weighted by Gasteiger charge is 2.12. The Balaban J connectivity index is 1.51. The van der Waals surface area contributed by atoms with Gasteiger partial charge in [-0.1, -0.05) is 11.8 Å². The summed E-state index contributed by atoms with van der Waals surface area (Å²) >= 11 is 1.22. The van der Waals surface area contributed by atoms with Crippen LogP contribution < -0.4 is 5.32 Å². The fraction of sp³-hybridized carbons (Fsp3) is 0.0556. The lowest BCUT2D eigenvalue weighted by molar-refractivity contribution is -0.113. The third kappa shape index (κ3) is 3.93. The van der Waals surface area contributed by atoms with Crippen LogP contribution in [-0.4, -0.2) is 36.5 Å². The molecule has 3 heterocycles. The van der Waals surface area contributed by atoms with Crippen LogP contribution in [0.1, 0.15) is 0 Å². The van der Waals surface area contributed by atoms with Gasteiger partial charge in [0.2, 0.25) is 11.1 Å². The first kappa shape index (κ1) is 17.1. The average molecular weight is 380 g/mol. The molecular formula is C18H13FN6OS. The minimum Gasteiger partial charge on any atom is -0.324 e. The van der Waals surface area contributed by atoms with E-state index >= 15 is 0 Å². The molecule has 27 heavy (non-hydrogen) atoms. The van der Waals surface area contributed by atoms with Crippen molar-refractivity contribution in [3.8, 4) is 11.3 Å². The Morgan fingerprint density at radius 3 is 2.74 bits per heavy atom. The summed E-state index contributed by atoms with van der Waals surface area (Å²) in [5.41, 5.74) is 2.63. The normalized spacial score (nSPS) is 10.9. The van der Waals surface area contributed by atoms with Crippen LogP contribution in [0.4, 0.5) is 10.1 Å². The molecule has 1 aromatic carbocycles. The number of benzene rings is 1. The number of carbonyl (C=O) groups excluding carboxylic acids is 1. The van der Waals surface area contributed by atoms with Gasteiger partial charge in [-0.3, -0.25) is 9.78 Å². The molecule has 4 aromatic rings. The highest BCUT2D eigenvalue weighted by Crippen LogP contribution is 2.21. The van der Waals surface area contributed by atoms with Gasteiger partial charge in [0.1, 0.15) is 5.82 Å². The zero-order valence-corrected chi connectivity index (χ0v) is 14.7. The molecular weight excluding hydrogens is 367 g/mol. The van der Waals surface area contributed by atoms with Gasteiger partial charge in [0.25, 0.3) is 0 Å².